The zero-order chi connectivity index (χ0) is 28.2. The highest BCUT2D eigenvalue weighted by Crippen LogP contribution is 2.33. The second kappa shape index (κ2) is 11.3. The van der Waals surface area contributed by atoms with Crippen molar-refractivity contribution in [1.82, 2.24) is 15.4 Å². The normalized spacial score (nSPS) is 16.1. The van der Waals surface area contributed by atoms with Crippen LogP contribution in [0.15, 0.2) is 90.1 Å². The number of aliphatic imine (C=N–C) groups is 1. The van der Waals surface area contributed by atoms with Gasteiger partial charge in [-0.25, -0.2) is 15.0 Å². The summed E-state index contributed by atoms with van der Waals surface area (Å²) in [4.78, 5) is 15.6. The summed E-state index contributed by atoms with van der Waals surface area (Å²) in [7, 11) is 0. The van der Waals surface area contributed by atoms with Gasteiger partial charge < -0.3 is 15.3 Å². The molecule has 1 fully saturated rings. The third-order valence-electron chi connectivity index (χ3n) is 7.66. The number of nitrogens with zero attached hydrogens (tertiary/aromatic N) is 6. The van der Waals surface area contributed by atoms with Crippen molar-refractivity contribution < 1.29 is 5.11 Å². The quantitative estimate of drug-likeness (QED) is 0.297. The summed E-state index contributed by atoms with van der Waals surface area (Å²) in [6.07, 6.45) is 3.66. The van der Waals surface area contributed by atoms with E-state index in [1.165, 1.54) is 0 Å². The molecule has 0 unspecified atom stereocenters. The van der Waals surface area contributed by atoms with Crippen LogP contribution in [0.25, 0.3) is 11.3 Å². The number of hydrazine groups is 1. The van der Waals surface area contributed by atoms with Crippen LogP contribution in [0.3, 0.4) is 0 Å². The van der Waals surface area contributed by atoms with E-state index in [1.807, 2.05) is 78.7 Å². The molecule has 2 aliphatic rings. The van der Waals surface area contributed by atoms with Gasteiger partial charge in [0, 0.05) is 37.0 Å². The van der Waals surface area contributed by atoms with E-state index in [0.717, 1.165) is 39.7 Å². The lowest BCUT2D eigenvalue weighted by atomic mass is 9.85. The molecule has 0 amide bonds. The van der Waals surface area contributed by atoms with Crippen LogP contribution in [0.2, 0.25) is 0 Å². The fourth-order valence-electron chi connectivity index (χ4n) is 5.40. The van der Waals surface area contributed by atoms with Gasteiger partial charge >= 0.3 is 0 Å². The number of benzene rings is 3. The number of rotatable bonds is 7. The van der Waals surface area contributed by atoms with Gasteiger partial charge in [0.15, 0.2) is 0 Å². The van der Waals surface area contributed by atoms with Gasteiger partial charge in [0.1, 0.15) is 18.6 Å². The van der Waals surface area contributed by atoms with Crippen molar-refractivity contribution in [1.29, 1.82) is 5.26 Å². The Balaban J connectivity index is 1.13. The van der Waals surface area contributed by atoms with Gasteiger partial charge in [-0.15, -0.1) is 0 Å². The molecule has 3 aromatic carbocycles. The largest absolute Gasteiger partial charge is 0.389 e. The van der Waals surface area contributed by atoms with E-state index < -0.39 is 5.60 Å². The second-order valence-corrected chi connectivity index (χ2v) is 10.6. The molecule has 0 atom stereocenters. The minimum absolute atomic E-state index is 0.477. The summed E-state index contributed by atoms with van der Waals surface area (Å²) in [6.45, 7) is 3.91. The molecule has 3 N–H and O–H groups in total. The van der Waals surface area contributed by atoms with Crippen LogP contribution in [0.5, 0.6) is 0 Å². The maximum absolute atomic E-state index is 11.2. The monoisotopic (exact) mass is 544 g/mol. The van der Waals surface area contributed by atoms with Gasteiger partial charge in [-0.3, -0.25) is 10.4 Å². The van der Waals surface area contributed by atoms with Crippen molar-refractivity contribution in [3.8, 4) is 17.3 Å². The van der Waals surface area contributed by atoms with Crippen LogP contribution >= 0.6 is 0 Å². The Morgan fingerprint density at radius 2 is 1.80 bits per heavy atom. The van der Waals surface area contributed by atoms with Crippen LogP contribution in [-0.4, -0.2) is 46.3 Å². The number of amidine groups is 1. The molecule has 4 aromatic rings. The summed E-state index contributed by atoms with van der Waals surface area (Å²) in [5.41, 5.74) is 8.57. The first kappa shape index (κ1) is 26.3. The van der Waals surface area contributed by atoms with Crippen molar-refractivity contribution >= 4 is 28.8 Å². The summed E-state index contributed by atoms with van der Waals surface area (Å²) in [6, 6.07) is 28.2. The van der Waals surface area contributed by atoms with Gasteiger partial charge in [-0.1, -0.05) is 36.4 Å². The van der Waals surface area contributed by atoms with Crippen molar-refractivity contribution in [3.63, 3.8) is 0 Å². The maximum Gasteiger partial charge on any atom is 0.227 e. The van der Waals surface area contributed by atoms with Crippen LogP contribution in [0.1, 0.15) is 30.9 Å². The molecule has 1 aromatic heterocycles. The lowest BCUT2D eigenvalue weighted by Crippen LogP contribution is -2.46. The molecule has 0 saturated carbocycles. The molecule has 0 aliphatic carbocycles. The third kappa shape index (κ3) is 5.98. The van der Waals surface area contributed by atoms with Gasteiger partial charge in [-0.2, -0.15) is 5.26 Å². The molecule has 9 heteroatoms. The van der Waals surface area contributed by atoms with Gasteiger partial charge in [0.05, 0.1) is 28.2 Å². The Bertz CT molecular complexity index is 1590. The molecule has 6 rings (SSSR count). The van der Waals surface area contributed by atoms with E-state index in [9.17, 15) is 10.4 Å². The molecule has 1 saturated heterocycles. The van der Waals surface area contributed by atoms with Gasteiger partial charge in [0.2, 0.25) is 5.95 Å². The second-order valence-electron chi connectivity index (χ2n) is 10.6. The average molecular weight is 545 g/mol. The summed E-state index contributed by atoms with van der Waals surface area (Å²) in [5.74, 6) is 1.37. The number of aromatic nitrogens is 2. The Hall–Kier alpha value is -4.94. The Labute approximate surface area is 239 Å². The number of nitriles is 1. The van der Waals surface area contributed by atoms with Crippen molar-refractivity contribution in [3.05, 3.63) is 96.2 Å². The first-order valence-electron chi connectivity index (χ1n) is 13.8. The molecule has 0 spiro atoms. The van der Waals surface area contributed by atoms with E-state index in [4.69, 9.17) is 4.98 Å². The van der Waals surface area contributed by atoms with Crippen LogP contribution < -0.4 is 20.7 Å². The average Bonchev–Trinajstić information content (AvgIpc) is 3.44. The Morgan fingerprint density at radius 3 is 2.51 bits per heavy atom. The standard InChI is InChI=1S/C32H32N8O/c1-23-35-22-40(38-23)28-10-8-27(9-11-28)36-31-34-16-13-29(37-31)25-7-12-30(26(19-25)21-33)39-17-14-32(41,15-18-39)20-24-5-3-2-4-6-24/h2-13,16,19,41H,14-15,17-18,20,22H2,1H3,(H,35,38)(H,34,36,37). The van der Waals surface area contributed by atoms with Crippen molar-refractivity contribution in [2.45, 2.75) is 31.8 Å². The lowest BCUT2D eigenvalue weighted by Gasteiger charge is -2.39. The van der Waals surface area contributed by atoms with E-state index in [-0.39, 0.29) is 0 Å². The predicted octanol–water partition coefficient (Wildman–Crippen LogP) is 5.03. The van der Waals surface area contributed by atoms with E-state index >= 15 is 0 Å². The molecule has 2 aliphatic heterocycles. The van der Waals surface area contributed by atoms with Crippen molar-refractivity contribution in [2.24, 2.45) is 4.99 Å². The molecule has 3 heterocycles. The smallest absolute Gasteiger partial charge is 0.227 e. The minimum Gasteiger partial charge on any atom is -0.389 e. The molecule has 206 valence electrons. The maximum atomic E-state index is 11.2. The number of hydrogen-bond donors (Lipinski definition) is 3. The molecule has 41 heavy (non-hydrogen) atoms. The number of nitrogens with one attached hydrogen (secondary N) is 2. The summed E-state index contributed by atoms with van der Waals surface area (Å²) < 4.78 is 0. The highest BCUT2D eigenvalue weighted by molar-refractivity contribution is 5.83. The molecular formula is C32H32N8O. The van der Waals surface area contributed by atoms with Crippen LogP contribution in [0.4, 0.5) is 23.0 Å². The molecule has 0 radical (unpaired) electrons. The third-order valence-corrected chi connectivity index (χ3v) is 7.66. The SMILES string of the molecule is CC1=NCN(c2ccc(Nc3nccc(-c4ccc(N5CCC(O)(Cc6ccccc6)CC5)c(C#N)c4)n3)cc2)N1. The number of aliphatic hydroxyl groups is 1. The Morgan fingerprint density at radius 1 is 1.02 bits per heavy atom. The molecular weight excluding hydrogens is 512 g/mol. The first-order valence-corrected chi connectivity index (χ1v) is 13.8. The zero-order valence-corrected chi connectivity index (χ0v) is 23.0. The fraction of sp³-hybridized carbons (Fsp3) is 0.250. The van der Waals surface area contributed by atoms with E-state index in [1.54, 1.807) is 6.20 Å². The van der Waals surface area contributed by atoms with Gasteiger partial charge in [0.25, 0.3) is 0 Å². The fourth-order valence-corrected chi connectivity index (χ4v) is 5.40. The summed E-state index contributed by atoms with van der Waals surface area (Å²) >= 11 is 0. The topological polar surface area (TPSA) is 113 Å². The van der Waals surface area contributed by atoms with E-state index in [2.05, 4.69) is 43.8 Å². The van der Waals surface area contributed by atoms with Gasteiger partial charge in [-0.05, 0) is 67.8 Å². The van der Waals surface area contributed by atoms with Crippen molar-refractivity contribution in [2.75, 3.05) is 35.0 Å². The summed E-state index contributed by atoms with van der Waals surface area (Å²) in [5, 5.41) is 26.4. The van der Waals surface area contributed by atoms with Crippen LogP contribution in [-0.2, 0) is 6.42 Å². The first-order chi connectivity index (χ1) is 20.0. The number of hydrogen-bond acceptors (Lipinski definition) is 9. The molecule has 0 bridgehead atoms. The number of anilines is 4. The highest BCUT2D eigenvalue weighted by Gasteiger charge is 2.33. The highest BCUT2D eigenvalue weighted by atomic mass is 16.3. The van der Waals surface area contributed by atoms with Crippen LogP contribution in [0, 0.1) is 11.3 Å². The Kier molecular flexibility index (Phi) is 7.23. The predicted molar refractivity (Wildman–Crippen MR) is 162 cm³/mol. The minimum atomic E-state index is -0.728. The number of piperidine rings is 1. The lowest BCUT2D eigenvalue weighted by molar-refractivity contribution is 0.0165. The zero-order valence-electron chi connectivity index (χ0n) is 23.0. The molecule has 9 nitrogen and oxygen atoms in total. The van der Waals surface area contributed by atoms with E-state index in [0.29, 0.717) is 50.5 Å².